The molecule has 0 amide bonds. The first-order valence-electron chi connectivity index (χ1n) is 10.0. The molecule has 0 bridgehead atoms. The summed E-state index contributed by atoms with van der Waals surface area (Å²) >= 11 is 0. The lowest BCUT2D eigenvalue weighted by molar-refractivity contribution is 0.211. The van der Waals surface area contributed by atoms with Gasteiger partial charge in [0.2, 0.25) is 0 Å². The third-order valence-corrected chi connectivity index (χ3v) is 6.33. The molecule has 0 aliphatic carbocycles. The van der Waals surface area contributed by atoms with E-state index in [1.807, 2.05) is 17.1 Å². The second-order valence-corrected chi connectivity index (χ2v) is 8.00. The van der Waals surface area contributed by atoms with Crippen LogP contribution in [0.15, 0.2) is 73.3 Å². The molecule has 4 atom stereocenters. The minimum atomic E-state index is 0.170. The third kappa shape index (κ3) is 3.26. The quantitative estimate of drug-likeness (QED) is 0.721. The summed E-state index contributed by atoms with van der Waals surface area (Å²) in [5, 5.41) is 13.6. The molecule has 2 fully saturated rings. The molecular weight excluding hydrogens is 348 g/mol. The minimum Gasteiger partial charge on any atom is -0.395 e. The topological polar surface area (TPSA) is 53.3 Å². The number of likely N-dealkylation sites (tertiary alicyclic amines) is 1. The highest BCUT2D eigenvalue weighted by Gasteiger charge is 2.48. The monoisotopic (exact) mass is 374 g/mol. The van der Waals surface area contributed by atoms with Crippen LogP contribution in [0.3, 0.4) is 0 Å². The van der Waals surface area contributed by atoms with Crippen molar-refractivity contribution in [3.63, 3.8) is 0 Å². The molecule has 2 N–H and O–H groups in total. The fourth-order valence-corrected chi connectivity index (χ4v) is 4.97. The average molecular weight is 374 g/mol. The van der Waals surface area contributed by atoms with Gasteiger partial charge < -0.3 is 15.0 Å². The maximum Gasteiger partial charge on any atom is 0.0991 e. The first kappa shape index (κ1) is 17.6. The summed E-state index contributed by atoms with van der Waals surface area (Å²) in [6.07, 6.45) is 5.57. The van der Waals surface area contributed by atoms with Crippen LogP contribution in [0.4, 0.5) is 0 Å². The zero-order chi connectivity index (χ0) is 18.9. The fourth-order valence-electron chi connectivity index (χ4n) is 4.97. The fraction of sp³-hybridized carbons (Fsp3) is 0.348. The Bertz CT molecular complexity index is 894. The molecule has 2 saturated heterocycles. The van der Waals surface area contributed by atoms with E-state index in [1.54, 1.807) is 6.20 Å². The Morgan fingerprint density at radius 1 is 1.00 bits per heavy atom. The minimum absolute atomic E-state index is 0.170. The van der Waals surface area contributed by atoms with E-state index in [0.29, 0.717) is 17.9 Å². The maximum absolute atomic E-state index is 9.93. The molecule has 2 aromatic carbocycles. The number of aliphatic hydroxyl groups excluding tert-OH is 1. The average Bonchev–Trinajstić information content (AvgIpc) is 3.46. The van der Waals surface area contributed by atoms with E-state index in [0.717, 1.165) is 25.3 Å². The van der Waals surface area contributed by atoms with Crippen LogP contribution in [0.5, 0.6) is 0 Å². The number of aliphatic hydroxyl groups is 1. The Morgan fingerprint density at radius 2 is 1.79 bits per heavy atom. The van der Waals surface area contributed by atoms with E-state index in [-0.39, 0.29) is 12.6 Å². The second kappa shape index (κ2) is 7.51. The van der Waals surface area contributed by atoms with Gasteiger partial charge in [-0.15, -0.1) is 0 Å². The first-order chi connectivity index (χ1) is 13.8. The van der Waals surface area contributed by atoms with E-state index in [4.69, 9.17) is 0 Å². The van der Waals surface area contributed by atoms with Gasteiger partial charge in [0, 0.05) is 49.8 Å². The SMILES string of the molecule is OC[C@@H]1N[C@H](c2ccc(-n3ccnc3)cc2)[C@@H]2CN(Cc3ccccc3)C[C@@H]21. The number of aromatic nitrogens is 2. The number of imidazole rings is 1. The van der Waals surface area contributed by atoms with E-state index in [2.05, 4.69) is 69.8 Å². The lowest BCUT2D eigenvalue weighted by Crippen LogP contribution is -2.36. The number of nitrogens with one attached hydrogen (secondary N) is 1. The molecule has 144 valence electrons. The zero-order valence-electron chi connectivity index (χ0n) is 15.9. The van der Waals surface area contributed by atoms with Crippen molar-refractivity contribution in [3.05, 3.63) is 84.4 Å². The Kier molecular flexibility index (Phi) is 4.72. The van der Waals surface area contributed by atoms with Crippen molar-refractivity contribution in [2.45, 2.75) is 18.6 Å². The van der Waals surface area contributed by atoms with Gasteiger partial charge in [0.15, 0.2) is 0 Å². The molecule has 0 unspecified atom stereocenters. The van der Waals surface area contributed by atoms with Crippen molar-refractivity contribution >= 4 is 0 Å². The molecule has 3 heterocycles. The van der Waals surface area contributed by atoms with Gasteiger partial charge >= 0.3 is 0 Å². The van der Waals surface area contributed by atoms with Crippen LogP contribution in [-0.4, -0.2) is 45.3 Å². The standard InChI is InChI=1S/C23H26N4O/c28-15-22-20-13-26(12-17-4-2-1-3-5-17)14-21(20)23(25-22)18-6-8-19(9-7-18)27-11-10-24-16-27/h1-11,16,20-23,25,28H,12-15H2/t20-,21+,22-,23+/m0/s1. The summed E-state index contributed by atoms with van der Waals surface area (Å²) in [6.45, 7) is 3.29. The van der Waals surface area contributed by atoms with E-state index < -0.39 is 0 Å². The molecule has 0 spiro atoms. The van der Waals surface area contributed by atoms with Crippen LogP contribution < -0.4 is 5.32 Å². The number of rotatable bonds is 5. The molecule has 5 nitrogen and oxygen atoms in total. The van der Waals surface area contributed by atoms with Crippen molar-refractivity contribution in [2.75, 3.05) is 19.7 Å². The van der Waals surface area contributed by atoms with Crippen molar-refractivity contribution in [1.29, 1.82) is 0 Å². The molecule has 2 aliphatic rings. The van der Waals surface area contributed by atoms with Crippen LogP contribution >= 0.6 is 0 Å². The molecule has 5 rings (SSSR count). The Labute approximate surface area is 165 Å². The van der Waals surface area contributed by atoms with Crippen molar-refractivity contribution in [1.82, 2.24) is 19.8 Å². The van der Waals surface area contributed by atoms with Crippen LogP contribution in [0, 0.1) is 11.8 Å². The summed E-state index contributed by atoms with van der Waals surface area (Å²) in [6, 6.07) is 19.9. The van der Waals surface area contributed by atoms with Gasteiger partial charge in [0.1, 0.15) is 0 Å². The van der Waals surface area contributed by atoms with Gasteiger partial charge in [-0.2, -0.15) is 0 Å². The summed E-state index contributed by atoms with van der Waals surface area (Å²) < 4.78 is 2.02. The number of fused-ring (bicyclic) bond motifs is 1. The third-order valence-electron chi connectivity index (χ3n) is 6.33. The van der Waals surface area contributed by atoms with Crippen LogP contribution in [0.2, 0.25) is 0 Å². The predicted octanol–water partition coefficient (Wildman–Crippen LogP) is 2.63. The maximum atomic E-state index is 9.93. The van der Waals surface area contributed by atoms with Gasteiger partial charge in [0.05, 0.1) is 12.9 Å². The Morgan fingerprint density at radius 3 is 2.50 bits per heavy atom. The highest BCUT2D eigenvalue weighted by Crippen LogP contribution is 2.42. The summed E-state index contributed by atoms with van der Waals surface area (Å²) in [5.41, 5.74) is 3.78. The largest absolute Gasteiger partial charge is 0.395 e. The molecule has 1 aromatic heterocycles. The lowest BCUT2D eigenvalue weighted by Gasteiger charge is -2.23. The smallest absolute Gasteiger partial charge is 0.0991 e. The Balaban J connectivity index is 1.34. The first-order valence-corrected chi connectivity index (χ1v) is 10.0. The van der Waals surface area contributed by atoms with Crippen LogP contribution in [0.25, 0.3) is 5.69 Å². The van der Waals surface area contributed by atoms with Gasteiger partial charge in [-0.1, -0.05) is 42.5 Å². The van der Waals surface area contributed by atoms with Gasteiger partial charge in [-0.25, -0.2) is 4.98 Å². The summed E-state index contributed by atoms with van der Waals surface area (Å²) in [5.74, 6) is 1.02. The molecule has 0 radical (unpaired) electrons. The highest BCUT2D eigenvalue weighted by molar-refractivity contribution is 5.36. The normalized spacial score (nSPS) is 27.2. The van der Waals surface area contributed by atoms with Crippen molar-refractivity contribution in [2.24, 2.45) is 11.8 Å². The second-order valence-electron chi connectivity index (χ2n) is 8.00. The number of hydrogen-bond acceptors (Lipinski definition) is 4. The van der Waals surface area contributed by atoms with E-state index in [9.17, 15) is 5.11 Å². The summed E-state index contributed by atoms with van der Waals surface area (Å²) in [4.78, 5) is 6.67. The van der Waals surface area contributed by atoms with E-state index >= 15 is 0 Å². The lowest BCUT2D eigenvalue weighted by atomic mass is 9.87. The zero-order valence-corrected chi connectivity index (χ0v) is 15.9. The van der Waals surface area contributed by atoms with Crippen molar-refractivity contribution < 1.29 is 5.11 Å². The number of hydrogen-bond donors (Lipinski definition) is 2. The van der Waals surface area contributed by atoms with Gasteiger partial charge in [-0.3, -0.25) is 4.90 Å². The molecule has 28 heavy (non-hydrogen) atoms. The van der Waals surface area contributed by atoms with Crippen molar-refractivity contribution in [3.8, 4) is 5.69 Å². The highest BCUT2D eigenvalue weighted by atomic mass is 16.3. The Hall–Kier alpha value is -2.47. The summed E-state index contributed by atoms with van der Waals surface area (Å²) in [7, 11) is 0. The number of benzene rings is 2. The molecule has 5 heteroatoms. The van der Waals surface area contributed by atoms with E-state index in [1.165, 1.54) is 11.1 Å². The van der Waals surface area contributed by atoms with Crippen LogP contribution in [0.1, 0.15) is 17.2 Å². The molecular formula is C23H26N4O. The number of nitrogens with zero attached hydrogens (tertiary/aromatic N) is 3. The molecule has 2 aliphatic heterocycles. The van der Waals surface area contributed by atoms with Gasteiger partial charge in [0.25, 0.3) is 0 Å². The molecule has 3 aromatic rings. The predicted molar refractivity (Wildman–Crippen MR) is 109 cm³/mol. The van der Waals surface area contributed by atoms with Gasteiger partial charge in [-0.05, 0) is 35.1 Å². The van der Waals surface area contributed by atoms with Crippen LogP contribution in [-0.2, 0) is 6.54 Å². The molecule has 0 saturated carbocycles.